The summed E-state index contributed by atoms with van der Waals surface area (Å²) in [5, 5.41) is 6.79. The lowest BCUT2D eigenvalue weighted by atomic mass is 10.2. The monoisotopic (exact) mass is 380 g/mol. The Bertz CT molecular complexity index is 647. The smallest absolute Gasteiger partial charge is 0.191 e. The SMILES string of the molecule is CN=C(NCC1CN(C)CCN1C)NC1CCN(c2c(F)cccc2F)C1. The van der Waals surface area contributed by atoms with E-state index in [1.807, 2.05) is 0 Å². The van der Waals surface area contributed by atoms with Crippen molar-refractivity contribution in [1.29, 1.82) is 0 Å². The highest BCUT2D eigenvalue weighted by molar-refractivity contribution is 5.80. The average Bonchev–Trinajstić information content (AvgIpc) is 3.09. The first-order valence-corrected chi connectivity index (χ1v) is 9.53. The topological polar surface area (TPSA) is 46.1 Å². The van der Waals surface area contributed by atoms with Crippen LogP contribution in [-0.2, 0) is 0 Å². The van der Waals surface area contributed by atoms with E-state index in [1.54, 1.807) is 11.9 Å². The van der Waals surface area contributed by atoms with Gasteiger partial charge in [-0.25, -0.2) is 8.78 Å². The van der Waals surface area contributed by atoms with E-state index in [9.17, 15) is 8.78 Å². The van der Waals surface area contributed by atoms with Crippen LogP contribution in [0, 0.1) is 11.6 Å². The Labute approximate surface area is 160 Å². The molecule has 0 amide bonds. The van der Waals surface area contributed by atoms with Crippen LogP contribution in [0.5, 0.6) is 0 Å². The lowest BCUT2D eigenvalue weighted by molar-refractivity contribution is 0.116. The maximum Gasteiger partial charge on any atom is 0.191 e. The summed E-state index contributed by atoms with van der Waals surface area (Å²) in [6, 6.07) is 4.52. The van der Waals surface area contributed by atoms with Crippen molar-refractivity contribution in [3.63, 3.8) is 0 Å². The zero-order valence-electron chi connectivity index (χ0n) is 16.4. The lowest BCUT2D eigenvalue weighted by Gasteiger charge is -2.38. The fourth-order valence-corrected chi connectivity index (χ4v) is 3.80. The van der Waals surface area contributed by atoms with Crippen molar-refractivity contribution in [1.82, 2.24) is 20.4 Å². The largest absolute Gasteiger partial charge is 0.365 e. The maximum absolute atomic E-state index is 14.0. The number of anilines is 1. The summed E-state index contributed by atoms with van der Waals surface area (Å²) in [4.78, 5) is 10.8. The number of rotatable bonds is 4. The summed E-state index contributed by atoms with van der Waals surface area (Å²) in [7, 11) is 6.03. The van der Waals surface area contributed by atoms with Crippen LogP contribution in [-0.4, -0.2) is 88.3 Å². The Kier molecular flexibility index (Phi) is 6.49. The molecule has 2 atom stereocenters. The van der Waals surface area contributed by atoms with E-state index >= 15 is 0 Å². The van der Waals surface area contributed by atoms with E-state index in [0.717, 1.165) is 38.6 Å². The second-order valence-corrected chi connectivity index (χ2v) is 7.50. The van der Waals surface area contributed by atoms with Crippen LogP contribution >= 0.6 is 0 Å². The van der Waals surface area contributed by atoms with Gasteiger partial charge in [-0.3, -0.25) is 9.89 Å². The molecule has 27 heavy (non-hydrogen) atoms. The molecule has 2 fully saturated rings. The fraction of sp³-hybridized carbons (Fsp3) is 0.632. The Morgan fingerprint density at radius 2 is 1.89 bits per heavy atom. The molecule has 2 N–H and O–H groups in total. The Morgan fingerprint density at radius 3 is 2.59 bits per heavy atom. The molecule has 0 spiro atoms. The third-order valence-electron chi connectivity index (χ3n) is 5.49. The predicted octanol–water partition coefficient (Wildman–Crippen LogP) is 0.954. The zero-order chi connectivity index (χ0) is 19.4. The molecule has 8 heteroatoms. The van der Waals surface area contributed by atoms with E-state index in [4.69, 9.17) is 0 Å². The van der Waals surface area contributed by atoms with Crippen LogP contribution in [0.3, 0.4) is 0 Å². The van der Waals surface area contributed by atoms with Crippen LogP contribution in [0.2, 0.25) is 0 Å². The molecule has 1 aromatic rings. The van der Waals surface area contributed by atoms with Gasteiger partial charge < -0.3 is 20.4 Å². The van der Waals surface area contributed by atoms with Gasteiger partial charge in [-0.05, 0) is 32.6 Å². The van der Waals surface area contributed by atoms with Gasteiger partial charge in [-0.2, -0.15) is 0 Å². The first kappa shape index (κ1) is 19.8. The third kappa shape index (κ3) is 4.87. The van der Waals surface area contributed by atoms with Gasteiger partial charge in [0, 0.05) is 58.4 Å². The molecule has 2 unspecified atom stereocenters. The van der Waals surface area contributed by atoms with Crippen molar-refractivity contribution in [3.8, 4) is 0 Å². The molecule has 2 aliphatic heterocycles. The van der Waals surface area contributed by atoms with E-state index in [2.05, 4.69) is 39.5 Å². The molecular formula is C19H30F2N6. The Balaban J connectivity index is 1.52. The Morgan fingerprint density at radius 1 is 1.15 bits per heavy atom. The van der Waals surface area contributed by atoms with Gasteiger partial charge >= 0.3 is 0 Å². The molecule has 150 valence electrons. The normalized spacial score (nSPS) is 25.1. The molecule has 0 saturated carbocycles. The number of para-hydroxylation sites is 1. The summed E-state index contributed by atoms with van der Waals surface area (Å²) >= 11 is 0. The number of nitrogens with one attached hydrogen (secondary N) is 2. The predicted molar refractivity (Wildman–Crippen MR) is 105 cm³/mol. The zero-order valence-corrected chi connectivity index (χ0v) is 16.4. The number of hydrogen-bond donors (Lipinski definition) is 2. The third-order valence-corrected chi connectivity index (χ3v) is 5.49. The number of likely N-dealkylation sites (N-methyl/N-ethyl adjacent to an activating group) is 2. The molecule has 0 radical (unpaired) electrons. The minimum absolute atomic E-state index is 0.0663. The standard InChI is InChI=1S/C19H30F2N6/c1-22-19(23-11-15-13-25(2)9-10-26(15)3)24-14-7-8-27(12-14)18-16(20)5-4-6-17(18)21/h4-6,14-15H,7-13H2,1-3H3,(H2,22,23,24). The molecule has 2 saturated heterocycles. The van der Waals surface area contributed by atoms with Crippen LogP contribution < -0.4 is 15.5 Å². The van der Waals surface area contributed by atoms with Crippen molar-refractivity contribution in [2.45, 2.75) is 18.5 Å². The maximum atomic E-state index is 14.0. The molecular weight excluding hydrogens is 350 g/mol. The number of nitrogens with zero attached hydrogens (tertiary/aromatic N) is 4. The molecule has 6 nitrogen and oxygen atoms in total. The van der Waals surface area contributed by atoms with Crippen molar-refractivity contribution in [2.75, 3.05) is 65.3 Å². The summed E-state index contributed by atoms with van der Waals surface area (Å²) in [5.41, 5.74) is 0.0663. The minimum atomic E-state index is -0.511. The van der Waals surface area contributed by atoms with E-state index in [-0.39, 0.29) is 11.7 Å². The first-order valence-electron chi connectivity index (χ1n) is 9.53. The molecule has 0 aliphatic carbocycles. The average molecular weight is 380 g/mol. The van der Waals surface area contributed by atoms with Gasteiger partial charge in [0.2, 0.25) is 0 Å². The summed E-state index contributed by atoms with van der Waals surface area (Å²) in [6.07, 6.45) is 0.806. The van der Waals surface area contributed by atoms with Gasteiger partial charge in [-0.15, -0.1) is 0 Å². The van der Waals surface area contributed by atoms with Crippen LogP contribution in [0.1, 0.15) is 6.42 Å². The van der Waals surface area contributed by atoms with Crippen LogP contribution in [0.4, 0.5) is 14.5 Å². The van der Waals surface area contributed by atoms with E-state index in [1.165, 1.54) is 18.2 Å². The summed E-state index contributed by atoms with van der Waals surface area (Å²) in [5.74, 6) is -0.289. The van der Waals surface area contributed by atoms with Crippen molar-refractivity contribution in [3.05, 3.63) is 29.8 Å². The van der Waals surface area contributed by atoms with Gasteiger partial charge in [0.05, 0.1) is 0 Å². The number of benzene rings is 1. The molecule has 2 aliphatic rings. The van der Waals surface area contributed by atoms with Crippen molar-refractivity contribution < 1.29 is 8.78 Å². The fourth-order valence-electron chi connectivity index (χ4n) is 3.80. The number of piperazine rings is 1. The molecule has 2 heterocycles. The van der Waals surface area contributed by atoms with Gasteiger partial charge in [0.1, 0.15) is 17.3 Å². The van der Waals surface area contributed by atoms with Crippen molar-refractivity contribution in [2.24, 2.45) is 4.99 Å². The van der Waals surface area contributed by atoms with Crippen molar-refractivity contribution >= 4 is 11.6 Å². The van der Waals surface area contributed by atoms with Crippen LogP contribution in [0.25, 0.3) is 0 Å². The summed E-state index contributed by atoms with van der Waals surface area (Å²) < 4.78 is 28.0. The molecule has 0 aromatic heterocycles. The highest BCUT2D eigenvalue weighted by Gasteiger charge is 2.28. The van der Waals surface area contributed by atoms with E-state index < -0.39 is 11.6 Å². The van der Waals surface area contributed by atoms with Crippen LogP contribution in [0.15, 0.2) is 23.2 Å². The van der Waals surface area contributed by atoms with Gasteiger partial charge in [0.15, 0.2) is 5.96 Å². The number of hydrogen-bond acceptors (Lipinski definition) is 4. The highest BCUT2D eigenvalue weighted by Crippen LogP contribution is 2.26. The highest BCUT2D eigenvalue weighted by atomic mass is 19.1. The number of halogens is 2. The molecule has 0 bridgehead atoms. The Hall–Kier alpha value is -1.93. The number of guanidine groups is 1. The molecule has 3 rings (SSSR count). The molecule has 1 aromatic carbocycles. The lowest BCUT2D eigenvalue weighted by Crippen LogP contribution is -2.56. The van der Waals surface area contributed by atoms with Gasteiger partial charge in [-0.1, -0.05) is 6.07 Å². The minimum Gasteiger partial charge on any atom is -0.365 e. The summed E-state index contributed by atoms with van der Waals surface area (Å²) in [6.45, 7) is 5.13. The van der Waals surface area contributed by atoms with Gasteiger partial charge in [0.25, 0.3) is 0 Å². The second-order valence-electron chi connectivity index (χ2n) is 7.50. The first-order chi connectivity index (χ1) is 13.0. The number of aliphatic imine (C=N–C) groups is 1. The second kappa shape index (κ2) is 8.84. The van der Waals surface area contributed by atoms with E-state index in [0.29, 0.717) is 19.1 Å². The quantitative estimate of drug-likeness (QED) is 0.602.